The molecule has 0 spiro atoms. The number of carbonyl (C=O) groups excluding carboxylic acids is 2. The minimum absolute atomic E-state index is 0.0215. The van der Waals surface area contributed by atoms with Crippen LogP contribution in [0, 0.1) is 13.8 Å². The van der Waals surface area contributed by atoms with E-state index in [1.165, 1.54) is 0 Å². The van der Waals surface area contributed by atoms with Crippen molar-refractivity contribution < 1.29 is 9.59 Å². The van der Waals surface area contributed by atoms with Crippen molar-refractivity contribution in [2.75, 3.05) is 27.2 Å². The summed E-state index contributed by atoms with van der Waals surface area (Å²) in [5, 5.41) is 2.99. The monoisotopic (exact) mass is 282 g/mol. The van der Waals surface area contributed by atoms with Crippen LogP contribution in [0.3, 0.4) is 0 Å². The third-order valence-corrected chi connectivity index (χ3v) is 4.00. The fraction of sp³-hybridized carbons (Fsp3) is 0.571. The largest absolute Gasteiger partial charge is 0.344 e. The summed E-state index contributed by atoms with van der Waals surface area (Å²) in [6.45, 7) is 5.37. The number of hydrogen-bond acceptors (Lipinski definition) is 4. The predicted octanol–water partition coefficient (Wildman–Crippen LogP) is 2.01. The quantitative estimate of drug-likeness (QED) is 0.778. The van der Waals surface area contributed by atoms with Crippen molar-refractivity contribution in [2.45, 2.75) is 26.7 Å². The van der Waals surface area contributed by atoms with E-state index in [0.29, 0.717) is 13.0 Å². The SMILES string of the molecule is CNCCN(C)C(=O)CCC(=O)c1cc(C)sc1C. The van der Waals surface area contributed by atoms with Gasteiger partial charge in [0.05, 0.1) is 0 Å². The molecule has 1 heterocycles. The van der Waals surface area contributed by atoms with Crippen LogP contribution in [0.15, 0.2) is 6.07 Å². The summed E-state index contributed by atoms with van der Waals surface area (Å²) in [6, 6.07) is 1.91. The van der Waals surface area contributed by atoms with Crippen molar-refractivity contribution in [1.82, 2.24) is 10.2 Å². The van der Waals surface area contributed by atoms with E-state index in [-0.39, 0.29) is 18.1 Å². The van der Waals surface area contributed by atoms with Crippen LogP contribution in [-0.4, -0.2) is 43.8 Å². The van der Waals surface area contributed by atoms with Gasteiger partial charge in [-0.1, -0.05) is 0 Å². The maximum Gasteiger partial charge on any atom is 0.222 e. The number of Topliss-reactive ketones (excluding diaryl/α,β-unsaturated/α-hetero) is 1. The summed E-state index contributed by atoms with van der Waals surface area (Å²) in [4.78, 5) is 27.7. The Morgan fingerprint density at radius 3 is 2.53 bits per heavy atom. The zero-order valence-electron chi connectivity index (χ0n) is 12.1. The second-order valence-electron chi connectivity index (χ2n) is 4.67. The van der Waals surface area contributed by atoms with E-state index in [0.717, 1.165) is 21.9 Å². The first-order valence-corrected chi connectivity index (χ1v) is 7.26. The summed E-state index contributed by atoms with van der Waals surface area (Å²) in [5.41, 5.74) is 0.771. The number of likely N-dealkylation sites (N-methyl/N-ethyl adjacent to an activating group) is 2. The van der Waals surface area contributed by atoms with Crippen molar-refractivity contribution in [3.63, 3.8) is 0 Å². The number of ketones is 1. The highest BCUT2D eigenvalue weighted by molar-refractivity contribution is 7.12. The summed E-state index contributed by atoms with van der Waals surface area (Å²) in [5.74, 6) is 0.0884. The van der Waals surface area contributed by atoms with E-state index in [1.54, 1.807) is 23.3 Å². The van der Waals surface area contributed by atoms with Crippen LogP contribution in [0.2, 0.25) is 0 Å². The van der Waals surface area contributed by atoms with Gasteiger partial charge in [-0.05, 0) is 27.0 Å². The van der Waals surface area contributed by atoms with E-state index >= 15 is 0 Å². The first-order chi connectivity index (χ1) is 8.95. The van der Waals surface area contributed by atoms with Crippen LogP contribution >= 0.6 is 11.3 Å². The standard InChI is InChI=1S/C14H22N2O2S/c1-10-9-12(11(2)19-10)13(17)5-6-14(18)16(4)8-7-15-3/h9,15H,5-8H2,1-4H3. The molecule has 4 nitrogen and oxygen atoms in total. The second kappa shape index (κ2) is 7.40. The Bertz CT molecular complexity index is 454. The maximum atomic E-state index is 12.0. The van der Waals surface area contributed by atoms with Gasteiger partial charge in [0, 0.05) is 48.3 Å². The van der Waals surface area contributed by atoms with Gasteiger partial charge in [0.2, 0.25) is 5.91 Å². The van der Waals surface area contributed by atoms with Crippen LogP contribution < -0.4 is 5.32 Å². The Labute approximate surface area is 118 Å². The van der Waals surface area contributed by atoms with E-state index in [4.69, 9.17) is 0 Å². The summed E-state index contributed by atoms with van der Waals surface area (Å²) in [6.07, 6.45) is 0.577. The van der Waals surface area contributed by atoms with Crippen molar-refractivity contribution >= 4 is 23.0 Å². The first-order valence-electron chi connectivity index (χ1n) is 6.44. The lowest BCUT2D eigenvalue weighted by molar-refractivity contribution is -0.129. The lowest BCUT2D eigenvalue weighted by Gasteiger charge is -2.16. The number of carbonyl (C=O) groups is 2. The Balaban J connectivity index is 2.46. The van der Waals surface area contributed by atoms with Gasteiger partial charge in [-0.3, -0.25) is 9.59 Å². The van der Waals surface area contributed by atoms with Gasteiger partial charge in [-0.2, -0.15) is 0 Å². The molecular formula is C14H22N2O2S. The Morgan fingerprint density at radius 2 is 2.00 bits per heavy atom. The molecule has 0 saturated carbocycles. The number of thiophene rings is 1. The highest BCUT2D eigenvalue weighted by Gasteiger charge is 2.15. The highest BCUT2D eigenvalue weighted by Crippen LogP contribution is 2.22. The Kier molecular flexibility index (Phi) is 6.18. The smallest absolute Gasteiger partial charge is 0.222 e. The van der Waals surface area contributed by atoms with Gasteiger partial charge >= 0.3 is 0 Å². The van der Waals surface area contributed by atoms with Gasteiger partial charge in [-0.15, -0.1) is 11.3 Å². The molecule has 0 unspecified atom stereocenters. The molecule has 106 valence electrons. The summed E-state index contributed by atoms with van der Waals surface area (Å²) < 4.78 is 0. The molecule has 0 aromatic carbocycles. The van der Waals surface area contributed by atoms with Crippen LogP contribution in [0.1, 0.15) is 33.0 Å². The molecule has 1 N–H and O–H groups in total. The molecule has 1 aromatic rings. The van der Waals surface area contributed by atoms with E-state index in [2.05, 4.69) is 5.32 Å². The molecule has 1 aromatic heterocycles. The number of hydrogen-bond donors (Lipinski definition) is 1. The van der Waals surface area contributed by atoms with E-state index < -0.39 is 0 Å². The van der Waals surface area contributed by atoms with Crippen molar-refractivity contribution in [3.05, 3.63) is 21.4 Å². The summed E-state index contributed by atoms with van der Waals surface area (Å²) in [7, 11) is 3.62. The molecule has 0 atom stereocenters. The van der Waals surface area contributed by atoms with Gasteiger partial charge in [0.15, 0.2) is 5.78 Å². The lowest BCUT2D eigenvalue weighted by Crippen LogP contribution is -2.32. The Morgan fingerprint density at radius 1 is 1.32 bits per heavy atom. The van der Waals surface area contributed by atoms with E-state index in [1.807, 2.05) is 27.0 Å². The number of nitrogens with zero attached hydrogens (tertiary/aromatic N) is 1. The topological polar surface area (TPSA) is 49.4 Å². The molecule has 1 rings (SSSR count). The fourth-order valence-electron chi connectivity index (χ4n) is 1.86. The van der Waals surface area contributed by atoms with Crippen molar-refractivity contribution in [3.8, 4) is 0 Å². The highest BCUT2D eigenvalue weighted by atomic mass is 32.1. The fourth-order valence-corrected chi connectivity index (χ4v) is 2.80. The average molecular weight is 282 g/mol. The predicted molar refractivity (Wildman–Crippen MR) is 78.9 cm³/mol. The van der Waals surface area contributed by atoms with Crippen LogP contribution in [-0.2, 0) is 4.79 Å². The van der Waals surface area contributed by atoms with Crippen molar-refractivity contribution in [1.29, 1.82) is 0 Å². The normalized spacial score (nSPS) is 10.5. The minimum Gasteiger partial charge on any atom is -0.344 e. The lowest BCUT2D eigenvalue weighted by atomic mass is 10.1. The Hall–Kier alpha value is -1.20. The maximum absolute atomic E-state index is 12.0. The molecule has 0 saturated heterocycles. The number of aryl methyl sites for hydroxylation is 2. The van der Waals surface area contributed by atoms with Crippen molar-refractivity contribution in [2.24, 2.45) is 0 Å². The average Bonchev–Trinajstić information content (AvgIpc) is 2.71. The molecule has 0 radical (unpaired) electrons. The molecule has 1 amide bonds. The van der Waals surface area contributed by atoms with Gasteiger partial charge in [0.25, 0.3) is 0 Å². The minimum atomic E-state index is 0.0215. The third-order valence-electron chi connectivity index (χ3n) is 3.03. The second-order valence-corrected chi connectivity index (χ2v) is 6.13. The molecule has 0 aliphatic heterocycles. The number of nitrogens with one attached hydrogen (secondary N) is 1. The molecule has 19 heavy (non-hydrogen) atoms. The van der Waals surface area contributed by atoms with Crippen LogP contribution in [0.5, 0.6) is 0 Å². The molecule has 5 heteroatoms. The molecule has 0 aliphatic carbocycles. The van der Waals surface area contributed by atoms with Gasteiger partial charge in [-0.25, -0.2) is 0 Å². The molecule has 0 bridgehead atoms. The third kappa shape index (κ3) is 4.76. The molecule has 0 fully saturated rings. The zero-order valence-corrected chi connectivity index (χ0v) is 12.9. The van der Waals surface area contributed by atoms with Crippen LogP contribution in [0.25, 0.3) is 0 Å². The van der Waals surface area contributed by atoms with E-state index in [9.17, 15) is 9.59 Å². The van der Waals surface area contributed by atoms with Crippen LogP contribution in [0.4, 0.5) is 0 Å². The summed E-state index contributed by atoms with van der Waals surface area (Å²) >= 11 is 1.62. The molecular weight excluding hydrogens is 260 g/mol. The number of rotatable bonds is 7. The van der Waals surface area contributed by atoms with Gasteiger partial charge < -0.3 is 10.2 Å². The zero-order chi connectivity index (χ0) is 14.4. The molecule has 0 aliphatic rings. The number of amides is 1. The van der Waals surface area contributed by atoms with Gasteiger partial charge in [0.1, 0.15) is 0 Å². The first kappa shape index (κ1) is 15.9.